The number of nitrogens with one attached hydrogen (secondary N) is 1. The van der Waals surface area contributed by atoms with Gasteiger partial charge in [0.2, 0.25) is 0 Å². The van der Waals surface area contributed by atoms with Crippen LogP contribution >= 0.6 is 0 Å². The first-order chi connectivity index (χ1) is 25.8. The highest BCUT2D eigenvalue weighted by Gasteiger charge is 2.11. The summed E-state index contributed by atoms with van der Waals surface area (Å²) in [5.74, 6) is 2.39. The van der Waals surface area contributed by atoms with Crippen molar-refractivity contribution in [2.45, 2.75) is 0 Å². The Kier molecular flexibility index (Phi) is 9.96. The number of ether oxygens (including phenoxy) is 2. The third-order valence-corrected chi connectivity index (χ3v) is 7.77. The van der Waals surface area contributed by atoms with Crippen LogP contribution in [-0.2, 0) is 14.1 Å². The van der Waals surface area contributed by atoms with Crippen molar-refractivity contribution >= 4 is 17.3 Å². The summed E-state index contributed by atoms with van der Waals surface area (Å²) in [4.78, 5) is 25.7. The number of rotatable bonds is 9. The fraction of sp³-hybridized carbons (Fsp3) is 0.0500. The lowest BCUT2D eigenvalue weighted by Gasteiger charge is -2.10. The summed E-state index contributed by atoms with van der Waals surface area (Å²) in [6.45, 7) is 0. The minimum absolute atomic E-state index is 0.253. The number of nitrogens with zero attached hydrogens (tertiary/aromatic N) is 8. The van der Waals surface area contributed by atoms with Crippen LogP contribution in [0.1, 0.15) is 10.4 Å². The molecule has 0 spiro atoms. The molecule has 1 amide bonds. The molecular weight excluding hydrogens is 669 g/mol. The number of pyridine rings is 3. The van der Waals surface area contributed by atoms with Crippen LogP contribution in [0.15, 0.2) is 153 Å². The van der Waals surface area contributed by atoms with Crippen molar-refractivity contribution in [2.75, 3.05) is 11.1 Å². The second kappa shape index (κ2) is 15.6. The molecule has 6 aromatic heterocycles. The van der Waals surface area contributed by atoms with E-state index in [1.54, 1.807) is 70.8 Å². The molecule has 0 unspecified atom stereocenters. The Hall–Kier alpha value is -7.54. The van der Waals surface area contributed by atoms with Crippen molar-refractivity contribution in [3.05, 3.63) is 159 Å². The third kappa shape index (κ3) is 8.80. The standard InChI is InChI=1S/C25H20N6O2.C15H14N4O/c1-30-17-19(15-28-30)24-13-23(7-8-27-24)33-22-6-4-5-20(12-22)29-25(32)18-11-21(16-26-14-18)31-9-2-3-10-31;1-19-10-11(9-18-19)15-8-14(5-6-17-15)20-13-4-2-3-12(16)7-13/h2-17H,1H3,(H,29,32);2-10H,16H2,1H3. The molecule has 0 fully saturated rings. The van der Waals surface area contributed by atoms with Crippen LogP contribution in [0.5, 0.6) is 23.0 Å². The molecule has 0 aliphatic rings. The number of aromatic nitrogens is 8. The van der Waals surface area contributed by atoms with E-state index in [2.05, 4.69) is 30.5 Å². The number of nitrogen functional groups attached to an aromatic ring is 1. The molecule has 8 rings (SSSR count). The van der Waals surface area contributed by atoms with Gasteiger partial charge in [0.1, 0.15) is 23.0 Å². The molecule has 0 saturated carbocycles. The van der Waals surface area contributed by atoms with E-state index < -0.39 is 0 Å². The number of anilines is 2. The van der Waals surface area contributed by atoms with Crippen LogP contribution in [0.25, 0.3) is 28.2 Å². The maximum Gasteiger partial charge on any atom is 0.257 e. The summed E-state index contributed by atoms with van der Waals surface area (Å²) < 4.78 is 17.1. The van der Waals surface area contributed by atoms with Gasteiger partial charge in [0.25, 0.3) is 5.91 Å². The van der Waals surface area contributed by atoms with Crippen LogP contribution in [0, 0.1) is 0 Å². The first-order valence-electron chi connectivity index (χ1n) is 16.5. The van der Waals surface area contributed by atoms with E-state index in [0.717, 1.165) is 28.2 Å². The number of benzene rings is 2. The SMILES string of the molecule is Cn1cc(-c2cc(Oc3cccc(N)c3)ccn2)cn1.Cn1cc(-c2cc(Oc3cccc(NC(=O)c4cncc(-n5cccc5)c4)c3)ccn2)cn1. The van der Waals surface area contributed by atoms with Crippen molar-refractivity contribution < 1.29 is 14.3 Å². The average Bonchev–Trinajstić information content (AvgIpc) is 3.96. The maximum absolute atomic E-state index is 12.8. The third-order valence-electron chi connectivity index (χ3n) is 7.77. The molecule has 0 aliphatic carbocycles. The van der Waals surface area contributed by atoms with Crippen molar-refractivity contribution in [1.82, 2.24) is 39.1 Å². The summed E-state index contributed by atoms with van der Waals surface area (Å²) >= 11 is 0. The van der Waals surface area contributed by atoms with Gasteiger partial charge in [-0.25, -0.2) is 0 Å². The molecule has 3 N–H and O–H groups in total. The molecule has 0 bridgehead atoms. The van der Waals surface area contributed by atoms with Gasteiger partial charge in [0, 0.05) is 104 Å². The molecule has 262 valence electrons. The summed E-state index contributed by atoms with van der Waals surface area (Å²) in [5.41, 5.74) is 11.7. The predicted octanol–water partition coefficient (Wildman–Crippen LogP) is 7.57. The van der Waals surface area contributed by atoms with Gasteiger partial charge < -0.3 is 25.1 Å². The number of hydrogen-bond acceptors (Lipinski definition) is 9. The van der Waals surface area contributed by atoms with Gasteiger partial charge in [-0.2, -0.15) is 10.2 Å². The number of carbonyl (C=O) groups is 1. The Balaban J connectivity index is 0.000000186. The highest BCUT2D eigenvalue weighted by atomic mass is 16.5. The van der Waals surface area contributed by atoms with Gasteiger partial charge in [-0.05, 0) is 54.6 Å². The van der Waals surface area contributed by atoms with Gasteiger partial charge in [0.05, 0.1) is 41.2 Å². The van der Waals surface area contributed by atoms with E-state index in [1.165, 1.54) is 0 Å². The fourth-order valence-electron chi connectivity index (χ4n) is 5.26. The molecule has 8 aromatic rings. The molecule has 0 atom stereocenters. The Morgan fingerprint density at radius 2 is 1.25 bits per heavy atom. The van der Waals surface area contributed by atoms with E-state index in [0.29, 0.717) is 39.9 Å². The minimum atomic E-state index is -0.253. The molecule has 2 aromatic carbocycles. The zero-order valence-electron chi connectivity index (χ0n) is 28.8. The van der Waals surface area contributed by atoms with Gasteiger partial charge >= 0.3 is 0 Å². The van der Waals surface area contributed by atoms with Crippen molar-refractivity contribution in [3.8, 4) is 51.2 Å². The zero-order chi connectivity index (χ0) is 36.6. The zero-order valence-corrected chi connectivity index (χ0v) is 28.8. The Bertz CT molecular complexity index is 2470. The number of nitrogens with two attached hydrogens (primary N) is 1. The first kappa shape index (κ1) is 33.9. The lowest BCUT2D eigenvalue weighted by Crippen LogP contribution is -2.12. The van der Waals surface area contributed by atoms with E-state index >= 15 is 0 Å². The molecule has 13 nitrogen and oxygen atoms in total. The smallest absolute Gasteiger partial charge is 0.257 e. The van der Waals surface area contributed by atoms with Gasteiger partial charge in [-0.15, -0.1) is 0 Å². The average molecular weight is 703 g/mol. The highest BCUT2D eigenvalue weighted by Crippen LogP contribution is 2.28. The van der Waals surface area contributed by atoms with E-state index in [1.807, 2.05) is 110 Å². The largest absolute Gasteiger partial charge is 0.457 e. The first-order valence-corrected chi connectivity index (χ1v) is 16.5. The van der Waals surface area contributed by atoms with E-state index in [4.69, 9.17) is 15.2 Å². The quantitative estimate of drug-likeness (QED) is 0.145. The fourth-order valence-corrected chi connectivity index (χ4v) is 5.26. The van der Waals surface area contributed by atoms with Gasteiger partial charge in [-0.3, -0.25) is 29.1 Å². The molecule has 0 saturated heterocycles. The molecule has 13 heteroatoms. The number of hydrogen-bond donors (Lipinski definition) is 2. The Morgan fingerprint density at radius 3 is 1.83 bits per heavy atom. The maximum atomic E-state index is 12.8. The molecule has 6 heterocycles. The van der Waals surface area contributed by atoms with Crippen molar-refractivity contribution in [3.63, 3.8) is 0 Å². The Labute approximate surface area is 305 Å². The van der Waals surface area contributed by atoms with Crippen LogP contribution in [0.3, 0.4) is 0 Å². The normalized spacial score (nSPS) is 10.6. The lowest BCUT2D eigenvalue weighted by atomic mass is 10.2. The van der Waals surface area contributed by atoms with Crippen molar-refractivity contribution in [2.24, 2.45) is 14.1 Å². The highest BCUT2D eigenvalue weighted by molar-refractivity contribution is 6.04. The van der Waals surface area contributed by atoms with Crippen molar-refractivity contribution in [1.29, 1.82) is 0 Å². The topological polar surface area (TPSA) is 153 Å². The summed E-state index contributed by atoms with van der Waals surface area (Å²) in [5, 5.41) is 11.2. The summed E-state index contributed by atoms with van der Waals surface area (Å²) in [7, 11) is 3.73. The predicted molar refractivity (Wildman–Crippen MR) is 202 cm³/mol. The summed E-state index contributed by atoms with van der Waals surface area (Å²) in [6, 6.07) is 27.5. The minimum Gasteiger partial charge on any atom is -0.457 e. The molecule has 0 aliphatic heterocycles. The van der Waals surface area contributed by atoms with Crippen LogP contribution < -0.4 is 20.5 Å². The molecule has 53 heavy (non-hydrogen) atoms. The second-order valence-corrected chi connectivity index (χ2v) is 11.8. The number of aryl methyl sites for hydroxylation is 2. The lowest BCUT2D eigenvalue weighted by molar-refractivity contribution is 0.102. The van der Waals surface area contributed by atoms with Gasteiger partial charge in [0.15, 0.2) is 0 Å². The van der Waals surface area contributed by atoms with Gasteiger partial charge in [-0.1, -0.05) is 12.1 Å². The molecular formula is C40H34N10O3. The number of carbonyl (C=O) groups excluding carboxylic acids is 1. The second-order valence-electron chi connectivity index (χ2n) is 11.8. The molecule has 0 radical (unpaired) electrons. The van der Waals surface area contributed by atoms with Crippen LogP contribution in [0.2, 0.25) is 0 Å². The monoisotopic (exact) mass is 702 g/mol. The van der Waals surface area contributed by atoms with E-state index in [9.17, 15) is 4.79 Å². The van der Waals surface area contributed by atoms with Crippen LogP contribution in [-0.4, -0.2) is 45.0 Å². The number of amides is 1. The van der Waals surface area contributed by atoms with Crippen LogP contribution in [0.4, 0.5) is 11.4 Å². The Morgan fingerprint density at radius 1 is 0.660 bits per heavy atom. The summed E-state index contributed by atoms with van der Waals surface area (Å²) in [6.07, 6.45) is 17.8. The van der Waals surface area contributed by atoms with E-state index in [-0.39, 0.29) is 5.91 Å².